The quantitative estimate of drug-likeness (QED) is 0.167. The van der Waals surface area contributed by atoms with E-state index in [1.807, 2.05) is 61.9 Å². The number of hydrogen-bond acceptors (Lipinski definition) is 5. The molecule has 5 nitrogen and oxygen atoms in total. The standard InChI is InChI=1S/C27H18N3O.C14H14N.Ir/c1-16-8-9-22-21-5-3-6-23(26(21)31-27(22)30-16)25-15-18(12-14-29-25)19-10-11-24-20(17(19)2)7-4-13-28-24;1-10-4-6-13(7-5-10)14-8-11(2)12(3)9-15-14;/h3-5,7-15H,1-2H3;4-6,8-9H,1-3H3;/q2*-1;. The molecule has 0 aliphatic heterocycles. The van der Waals surface area contributed by atoms with Gasteiger partial charge in [-0.15, -0.1) is 53.6 Å². The van der Waals surface area contributed by atoms with Crippen molar-refractivity contribution in [3.63, 3.8) is 0 Å². The van der Waals surface area contributed by atoms with Crippen molar-refractivity contribution in [1.82, 2.24) is 19.9 Å². The van der Waals surface area contributed by atoms with Crippen LogP contribution in [0.4, 0.5) is 0 Å². The van der Waals surface area contributed by atoms with E-state index in [4.69, 9.17) is 4.42 Å². The van der Waals surface area contributed by atoms with Crippen LogP contribution in [0.5, 0.6) is 0 Å². The van der Waals surface area contributed by atoms with Crippen molar-refractivity contribution in [1.29, 1.82) is 0 Å². The number of nitrogens with zero attached hydrogens (tertiary/aromatic N) is 4. The van der Waals surface area contributed by atoms with Gasteiger partial charge in [-0.3, -0.25) is 4.98 Å². The second-order valence-corrected chi connectivity index (χ2v) is 11.7. The first-order chi connectivity index (χ1) is 22.4. The largest absolute Gasteiger partial charge is 0.486 e. The summed E-state index contributed by atoms with van der Waals surface area (Å²) in [6.07, 6.45) is 5.58. The minimum atomic E-state index is 0. The van der Waals surface area contributed by atoms with Crippen molar-refractivity contribution in [3.8, 4) is 33.6 Å². The molecule has 0 aliphatic rings. The first-order valence-electron chi connectivity index (χ1n) is 15.3. The van der Waals surface area contributed by atoms with Crippen molar-refractivity contribution in [3.05, 3.63) is 144 Å². The third-order valence-electron chi connectivity index (χ3n) is 8.44. The maximum absolute atomic E-state index is 6.16. The topological polar surface area (TPSA) is 64.7 Å². The Morgan fingerprint density at radius 1 is 0.681 bits per heavy atom. The minimum absolute atomic E-state index is 0. The second kappa shape index (κ2) is 13.4. The summed E-state index contributed by atoms with van der Waals surface area (Å²) in [5, 5.41) is 3.19. The van der Waals surface area contributed by atoms with Crippen molar-refractivity contribution >= 4 is 33.0 Å². The van der Waals surface area contributed by atoms with Gasteiger partial charge in [0.2, 0.25) is 5.71 Å². The summed E-state index contributed by atoms with van der Waals surface area (Å²) in [6.45, 7) is 10.3. The van der Waals surface area contributed by atoms with E-state index in [9.17, 15) is 0 Å². The number of benzene rings is 3. The Morgan fingerprint density at radius 3 is 2.36 bits per heavy atom. The van der Waals surface area contributed by atoms with Gasteiger partial charge in [-0.25, -0.2) is 4.98 Å². The third kappa shape index (κ3) is 6.35. The van der Waals surface area contributed by atoms with Crippen LogP contribution in [0, 0.1) is 46.8 Å². The van der Waals surface area contributed by atoms with Crippen LogP contribution in [0.15, 0.2) is 108 Å². The van der Waals surface area contributed by atoms with Crippen LogP contribution in [-0.4, -0.2) is 19.9 Å². The Labute approximate surface area is 288 Å². The fraction of sp³-hybridized carbons (Fsp3) is 0.122. The Morgan fingerprint density at radius 2 is 1.55 bits per heavy atom. The molecule has 0 spiro atoms. The molecule has 8 aromatic rings. The molecule has 0 unspecified atom stereocenters. The van der Waals surface area contributed by atoms with E-state index < -0.39 is 0 Å². The summed E-state index contributed by atoms with van der Waals surface area (Å²) in [4.78, 5) is 18.1. The summed E-state index contributed by atoms with van der Waals surface area (Å²) in [6, 6.07) is 35.2. The minimum Gasteiger partial charge on any atom is -0.486 e. The van der Waals surface area contributed by atoms with E-state index in [0.29, 0.717) is 5.71 Å². The van der Waals surface area contributed by atoms with Gasteiger partial charge in [0.05, 0.1) is 11.1 Å². The zero-order valence-corrected chi connectivity index (χ0v) is 29.2. The molecular weight excluding hydrogens is 757 g/mol. The van der Waals surface area contributed by atoms with E-state index >= 15 is 0 Å². The molecule has 0 amide bonds. The summed E-state index contributed by atoms with van der Waals surface area (Å²) < 4.78 is 6.16. The summed E-state index contributed by atoms with van der Waals surface area (Å²) in [5.41, 5.74) is 14.3. The molecule has 6 heteroatoms. The van der Waals surface area contributed by atoms with Gasteiger partial charge in [-0.05, 0) is 91.7 Å². The number of furan rings is 1. The maximum Gasteiger partial charge on any atom is 0.216 e. The predicted octanol–water partition coefficient (Wildman–Crippen LogP) is 10.1. The van der Waals surface area contributed by atoms with Crippen molar-refractivity contribution in [2.45, 2.75) is 34.6 Å². The van der Waals surface area contributed by atoms with Gasteiger partial charge in [0, 0.05) is 55.2 Å². The van der Waals surface area contributed by atoms with Gasteiger partial charge in [-0.2, -0.15) is 0 Å². The number of fused-ring (bicyclic) bond motifs is 4. The molecule has 8 rings (SSSR count). The summed E-state index contributed by atoms with van der Waals surface area (Å²) >= 11 is 0. The summed E-state index contributed by atoms with van der Waals surface area (Å²) in [7, 11) is 0. The van der Waals surface area contributed by atoms with Crippen LogP contribution in [0.3, 0.4) is 0 Å². The van der Waals surface area contributed by atoms with Crippen LogP contribution >= 0.6 is 0 Å². The normalized spacial score (nSPS) is 10.9. The van der Waals surface area contributed by atoms with E-state index in [2.05, 4.69) is 108 Å². The van der Waals surface area contributed by atoms with Gasteiger partial charge in [0.25, 0.3) is 0 Å². The third-order valence-corrected chi connectivity index (χ3v) is 8.44. The molecule has 47 heavy (non-hydrogen) atoms. The molecular formula is C41H32IrN4O-2. The van der Waals surface area contributed by atoms with Crippen molar-refractivity contribution < 1.29 is 24.5 Å². The Bertz CT molecular complexity index is 2380. The number of hydrogen-bond donors (Lipinski definition) is 0. The molecule has 0 aliphatic carbocycles. The molecule has 1 radical (unpaired) electrons. The van der Waals surface area contributed by atoms with Crippen LogP contribution in [0.2, 0.25) is 0 Å². The molecule has 0 saturated heterocycles. The molecule has 0 N–H and O–H groups in total. The fourth-order valence-electron chi connectivity index (χ4n) is 5.69. The van der Waals surface area contributed by atoms with Crippen LogP contribution in [0.1, 0.15) is 27.9 Å². The molecule has 0 atom stereocenters. The number of aromatic nitrogens is 4. The Kier molecular flexibility index (Phi) is 9.08. The van der Waals surface area contributed by atoms with E-state index in [1.54, 1.807) is 0 Å². The molecule has 3 aromatic carbocycles. The first kappa shape index (κ1) is 31.9. The molecule has 5 aromatic heterocycles. The van der Waals surface area contributed by atoms with E-state index in [1.165, 1.54) is 27.8 Å². The smallest absolute Gasteiger partial charge is 0.216 e. The van der Waals surface area contributed by atoms with Crippen molar-refractivity contribution in [2.75, 3.05) is 0 Å². The zero-order valence-electron chi connectivity index (χ0n) is 26.8. The van der Waals surface area contributed by atoms with Crippen LogP contribution in [0.25, 0.3) is 66.6 Å². The van der Waals surface area contributed by atoms with Gasteiger partial charge in [-0.1, -0.05) is 47.7 Å². The fourth-order valence-corrected chi connectivity index (χ4v) is 5.69. The Balaban J connectivity index is 0.000000204. The van der Waals surface area contributed by atoms with Gasteiger partial charge in [0.15, 0.2) is 0 Å². The van der Waals surface area contributed by atoms with Crippen LogP contribution in [-0.2, 0) is 20.1 Å². The molecule has 0 saturated carbocycles. The number of rotatable bonds is 3. The Hall–Kier alpha value is -5.03. The maximum atomic E-state index is 6.16. The average molecular weight is 789 g/mol. The molecule has 5 heterocycles. The van der Waals surface area contributed by atoms with Crippen LogP contribution < -0.4 is 0 Å². The van der Waals surface area contributed by atoms with Crippen molar-refractivity contribution in [2.24, 2.45) is 0 Å². The summed E-state index contributed by atoms with van der Waals surface area (Å²) in [5.74, 6) is 0. The molecule has 233 valence electrons. The SMILES string of the molecule is Cc1c[c-]c(-c2cc(C)c(C)cn2)cc1.Cc1ccc2c(n1)oc1c(-c3cc(-c4ccc5ncccc5c4C)ccn3)[c-]ccc12.[Ir]. The monoisotopic (exact) mass is 789 g/mol. The first-order valence-corrected chi connectivity index (χ1v) is 15.3. The molecule has 0 fully saturated rings. The number of aryl methyl sites for hydroxylation is 5. The second-order valence-electron chi connectivity index (χ2n) is 11.7. The number of pyridine rings is 4. The molecule has 0 bridgehead atoms. The van der Waals surface area contributed by atoms with Gasteiger partial charge < -0.3 is 14.4 Å². The zero-order chi connectivity index (χ0) is 31.8. The van der Waals surface area contributed by atoms with E-state index in [0.717, 1.165) is 61.0 Å². The van der Waals surface area contributed by atoms with Gasteiger partial charge in [0.1, 0.15) is 0 Å². The predicted molar refractivity (Wildman–Crippen MR) is 187 cm³/mol. The van der Waals surface area contributed by atoms with Gasteiger partial charge >= 0.3 is 0 Å². The average Bonchev–Trinajstić information content (AvgIpc) is 3.45. The van der Waals surface area contributed by atoms with E-state index in [-0.39, 0.29) is 20.1 Å².